The molecule has 1 aromatic carbocycles. The smallest absolute Gasteiger partial charge is 0.253 e. The van der Waals surface area contributed by atoms with Crippen LogP contribution >= 0.6 is 0 Å². The van der Waals surface area contributed by atoms with Gasteiger partial charge in [0.25, 0.3) is 5.56 Å². The van der Waals surface area contributed by atoms with Crippen LogP contribution in [0, 0.1) is 5.82 Å². The molecule has 135 valence electrons. The predicted octanol–water partition coefficient (Wildman–Crippen LogP) is 5.68. The molecular weight excluding hydrogens is 380 g/mol. The fraction of sp³-hybridized carbons (Fsp3) is 0.474. The number of hydrogen-bond acceptors (Lipinski definition) is 2. The van der Waals surface area contributed by atoms with Gasteiger partial charge in [0, 0.05) is 51.0 Å². The topological polar surface area (TPSA) is 34.9 Å². The van der Waals surface area contributed by atoms with Gasteiger partial charge in [-0.25, -0.2) is 9.37 Å². The quantitative estimate of drug-likeness (QED) is 0.635. The van der Waals surface area contributed by atoms with E-state index in [0.717, 1.165) is 0 Å². The fourth-order valence-corrected chi connectivity index (χ4v) is 1.60. The van der Waals surface area contributed by atoms with E-state index in [2.05, 4.69) is 18.8 Å². The maximum atomic E-state index is 12.4. The first-order valence-corrected chi connectivity index (χ1v) is 6.69. The SMILES string of the molecule is C.C.C.CC(C)c1ccc(F)cc1.CC(C)n1cnccc1=O.[Y]. The maximum Gasteiger partial charge on any atom is 0.253 e. The van der Waals surface area contributed by atoms with E-state index in [1.807, 2.05) is 26.0 Å². The molecule has 1 aromatic heterocycles. The molecule has 2 rings (SSSR count). The van der Waals surface area contributed by atoms with Crippen LogP contribution in [0.2, 0.25) is 0 Å². The Morgan fingerprint density at radius 2 is 1.46 bits per heavy atom. The van der Waals surface area contributed by atoms with Gasteiger partial charge in [0.1, 0.15) is 5.82 Å². The Morgan fingerprint density at radius 3 is 1.79 bits per heavy atom. The standard InChI is InChI=1S/C9H11F.C7H10N2O.3CH4.Y/c1-7(2)8-3-5-9(10)6-4-8;1-6(2)9-5-8-4-3-7(9)10;;;;/h3-7H,1-2H3;3-6H,1-2H3;3*1H4;. The summed E-state index contributed by atoms with van der Waals surface area (Å²) >= 11 is 0. The van der Waals surface area contributed by atoms with Crippen molar-refractivity contribution < 1.29 is 37.1 Å². The van der Waals surface area contributed by atoms with Crippen LogP contribution in [0.5, 0.6) is 0 Å². The molecule has 5 heteroatoms. The Kier molecular flexibility index (Phi) is 20.2. The zero-order valence-electron chi connectivity index (χ0n) is 13.0. The average molecular weight is 413 g/mol. The summed E-state index contributed by atoms with van der Waals surface area (Å²) < 4.78 is 13.9. The van der Waals surface area contributed by atoms with Gasteiger partial charge in [0.2, 0.25) is 0 Å². The number of halogens is 1. The number of nitrogens with zero attached hydrogens (tertiary/aromatic N) is 2. The second-order valence-electron chi connectivity index (χ2n) is 5.13. The van der Waals surface area contributed by atoms with Gasteiger partial charge in [-0.15, -0.1) is 0 Å². The van der Waals surface area contributed by atoms with Crippen molar-refractivity contribution in [1.82, 2.24) is 9.55 Å². The molecular formula is C19H33FN2OY. The summed E-state index contributed by atoms with van der Waals surface area (Å²) in [5.41, 5.74) is 1.19. The average Bonchev–Trinajstić information content (AvgIpc) is 2.40. The van der Waals surface area contributed by atoms with Gasteiger partial charge < -0.3 is 0 Å². The van der Waals surface area contributed by atoms with E-state index in [-0.39, 0.29) is 72.4 Å². The molecule has 24 heavy (non-hydrogen) atoms. The first-order chi connectivity index (χ1) is 9.41. The van der Waals surface area contributed by atoms with E-state index in [4.69, 9.17) is 0 Å². The zero-order chi connectivity index (χ0) is 15.1. The normalized spacial score (nSPS) is 8.62. The molecule has 0 saturated carbocycles. The molecule has 0 atom stereocenters. The van der Waals surface area contributed by atoms with Gasteiger partial charge in [-0.05, 0) is 37.5 Å². The molecule has 2 aromatic rings. The van der Waals surface area contributed by atoms with Crippen LogP contribution in [0.3, 0.4) is 0 Å². The third-order valence-corrected chi connectivity index (χ3v) is 2.84. The van der Waals surface area contributed by atoms with Gasteiger partial charge >= 0.3 is 0 Å². The van der Waals surface area contributed by atoms with Gasteiger partial charge in [-0.1, -0.05) is 48.3 Å². The summed E-state index contributed by atoms with van der Waals surface area (Å²) in [6, 6.07) is 8.28. The Bertz CT molecular complexity index is 580. The molecule has 0 aliphatic heterocycles. The third-order valence-electron chi connectivity index (χ3n) is 2.84. The van der Waals surface area contributed by atoms with Crippen LogP contribution in [0.15, 0.2) is 47.7 Å². The van der Waals surface area contributed by atoms with Gasteiger partial charge in [-0.3, -0.25) is 9.36 Å². The van der Waals surface area contributed by atoms with Gasteiger partial charge in [0.05, 0.1) is 6.33 Å². The van der Waals surface area contributed by atoms with E-state index in [1.165, 1.54) is 30.0 Å². The van der Waals surface area contributed by atoms with Crippen LogP contribution in [0.1, 0.15) is 67.5 Å². The summed E-state index contributed by atoms with van der Waals surface area (Å²) in [5.74, 6) is 0.324. The van der Waals surface area contributed by atoms with Crippen molar-refractivity contribution in [3.05, 3.63) is 64.6 Å². The van der Waals surface area contributed by atoms with Gasteiger partial charge in [-0.2, -0.15) is 0 Å². The van der Waals surface area contributed by atoms with E-state index < -0.39 is 0 Å². The summed E-state index contributed by atoms with van der Waals surface area (Å²) in [4.78, 5) is 14.8. The number of benzene rings is 1. The number of hydrogen-bond donors (Lipinski definition) is 0. The maximum absolute atomic E-state index is 12.4. The summed E-state index contributed by atoms with van der Waals surface area (Å²) in [6.45, 7) is 8.08. The molecule has 0 unspecified atom stereocenters. The Morgan fingerprint density at radius 1 is 0.958 bits per heavy atom. The van der Waals surface area contributed by atoms with E-state index in [0.29, 0.717) is 5.92 Å². The second-order valence-corrected chi connectivity index (χ2v) is 5.13. The van der Waals surface area contributed by atoms with Crippen LogP contribution in [0.25, 0.3) is 0 Å². The van der Waals surface area contributed by atoms with Crippen molar-refractivity contribution in [3.8, 4) is 0 Å². The van der Waals surface area contributed by atoms with E-state index in [9.17, 15) is 9.18 Å². The molecule has 1 heterocycles. The molecule has 0 aliphatic rings. The molecule has 0 spiro atoms. The summed E-state index contributed by atoms with van der Waals surface area (Å²) in [5, 5.41) is 0. The molecule has 0 N–H and O–H groups in total. The monoisotopic (exact) mass is 413 g/mol. The molecule has 1 radical (unpaired) electrons. The van der Waals surface area contributed by atoms with Crippen molar-refractivity contribution >= 4 is 0 Å². The van der Waals surface area contributed by atoms with Gasteiger partial charge in [0.15, 0.2) is 0 Å². The van der Waals surface area contributed by atoms with Crippen LogP contribution in [-0.4, -0.2) is 9.55 Å². The Labute approximate surface area is 172 Å². The largest absolute Gasteiger partial charge is 0.297 e. The predicted molar refractivity (Wildman–Crippen MR) is 99.6 cm³/mol. The van der Waals surface area contributed by atoms with Crippen LogP contribution in [-0.2, 0) is 32.7 Å². The molecule has 0 fully saturated rings. The minimum Gasteiger partial charge on any atom is -0.297 e. The van der Waals surface area contributed by atoms with Crippen molar-refractivity contribution in [2.45, 2.75) is 61.9 Å². The molecule has 3 nitrogen and oxygen atoms in total. The Balaban J connectivity index is -0.000000143. The van der Waals surface area contributed by atoms with Crippen LogP contribution < -0.4 is 5.56 Å². The minimum atomic E-state index is -0.163. The zero-order valence-corrected chi connectivity index (χ0v) is 15.8. The van der Waals surface area contributed by atoms with E-state index >= 15 is 0 Å². The number of rotatable bonds is 2. The summed E-state index contributed by atoms with van der Waals surface area (Å²) in [7, 11) is 0. The molecule has 0 saturated heterocycles. The van der Waals surface area contributed by atoms with E-state index in [1.54, 1.807) is 10.9 Å². The first-order valence-electron chi connectivity index (χ1n) is 6.69. The molecule has 0 amide bonds. The molecule has 0 bridgehead atoms. The first kappa shape index (κ1) is 31.0. The van der Waals surface area contributed by atoms with Crippen molar-refractivity contribution in [1.29, 1.82) is 0 Å². The summed E-state index contributed by atoms with van der Waals surface area (Å²) in [6.07, 6.45) is 3.05. The fourth-order valence-electron chi connectivity index (χ4n) is 1.60. The molecule has 0 aliphatic carbocycles. The minimum absolute atomic E-state index is 0. The van der Waals surface area contributed by atoms with Crippen molar-refractivity contribution in [3.63, 3.8) is 0 Å². The second kappa shape index (κ2) is 15.6. The van der Waals surface area contributed by atoms with Crippen LogP contribution in [0.4, 0.5) is 4.39 Å². The third kappa shape index (κ3) is 10.8. The van der Waals surface area contributed by atoms with Crippen molar-refractivity contribution in [2.75, 3.05) is 0 Å². The van der Waals surface area contributed by atoms with Crippen molar-refractivity contribution in [2.24, 2.45) is 0 Å². The number of aromatic nitrogens is 2. The Hall–Kier alpha value is -0.866.